The first-order valence-corrected chi connectivity index (χ1v) is 6.78. The van der Waals surface area contributed by atoms with Crippen LogP contribution in [0.3, 0.4) is 0 Å². The lowest BCUT2D eigenvalue weighted by molar-refractivity contribution is -0.385. The first-order chi connectivity index (χ1) is 10.2. The molecule has 0 aliphatic rings. The van der Waals surface area contributed by atoms with Crippen LogP contribution in [-0.2, 0) is 0 Å². The van der Waals surface area contributed by atoms with Crippen LogP contribution < -0.4 is 5.32 Å². The van der Waals surface area contributed by atoms with Gasteiger partial charge in [0.05, 0.1) is 11.3 Å². The number of imidazole rings is 1. The highest BCUT2D eigenvalue weighted by atomic mass is 32.2. The molecule has 2 heterocycles. The van der Waals surface area contributed by atoms with Gasteiger partial charge in [-0.15, -0.1) is 0 Å². The summed E-state index contributed by atoms with van der Waals surface area (Å²) in [6.07, 6.45) is 2.96. The van der Waals surface area contributed by atoms with Crippen molar-refractivity contribution < 1.29 is 4.92 Å². The van der Waals surface area contributed by atoms with E-state index in [1.807, 2.05) is 6.07 Å². The highest BCUT2D eigenvalue weighted by Gasteiger charge is 2.13. The van der Waals surface area contributed by atoms with Crippen molar-refractivity contribution in [2.45, 2.75) is 9.92 Å². The molecule has 0 radical (unpaired) electrons. The fourth-order valence-electron chi connectivity index (χ4n) is 1.82. The van der Waals surface area contributed by atoms with Gasteiger partial charge in [0.15, 0.2) is 5.65 Å². The first kappa shape index (κ1) is 13.3. The molecule has 0 saturated heterocycles. The van der Waals surface area contributed by atoms with Gasteiger partial charge in [-0.05, 0) is 6.07 Å². The number of nitro benzene ring substituents is 1. The molecule has 8 nitrogen and oxygen atoms in total. The van der Waals surface area contributed by atoms with E-state index in [9.17, 15) is 10.1 Å². The van der Waals surface area contributed by atoms with Crippen molar-refractivity contribution in [2.75, 3.05) is 12.4 Å². The molecule has 2 aromatic heterocycles. The summed E-state index contributed by atoms with van der Waals surface area (Å²) in [6.45, 7) is 0. The van der Waals surface area contributed by atoms with Crippen LogP contribution in [0.15, 0.2) is 40.8 Å². The molecule has 0 aliphatic heterocycles. The van der Waals surface area contributed by atoms with Crippen molar-refractivity contribution in [3.63, 3.8) is 0 Å². The van der Waals surface area contributed by atoms with Crippen molar-refractivity contribution in [1.82, 2.24) is 19.9 Å². The number of hydrogen-bond acceptors (Lipinski definition) is 7. The van der Waals surface area contributed by atoms with Gasteiger partial charge >= 0.3 is 0 Å². The molecule has 3 aromatic rings. The lowest BCUT2D eigenvalue weighted by Crippen LogP contribution is -1.93. The molecule has 0 fully saturated rings. The fraction of sp³-hybridized carbons (Fsp3) is 0.0833. The summed E-state index contributed by atoms with van der Waals surface area (Å²) >= 11 is 1.32. The second-order valence-electron chi connectivity index (χ2n) is 4.10. The number of nitrogens with one attached hydrogen (secondary N) is 2. The van der Waals surface area contributed by atoms with E-state index in [0.717, 1.165) is 0 Å². The van der Waals surface area contributed by atoms with Gasteiger partial charge in [-0.25, -0.2) is 15.0 Å². The van der Waals surface area contributed by atoms with Gasteiger partial charge in [0.2, 0.25) is 0 Å². The molecule has 1 aromatic carbocycles. The van der Waals surface area contributed by atoms with Crippen LogP contribution in [0.2, 0.25) is 0 Å². The molecular weight excluding hydrogens is 292 g/mol. The molecule has 106 valence electrons. The molecule has 0 bridgehead atoms. The highest BCUT2D eigenvalue weighted by molar-refractivity contribution is 7.99. The molecule has 3 rings (SSSR count). The third kappa shape index (κ3) is 2.63. The van der Waals surface area contributed by atoms with Gasteiger partial charge < -0.3 is 10.3 Å². The lowest BCUT2D eigenvalue weighted by atomic mass is 10.3. The van der Waals surface area contributed by atoms with Gasteiger partial charge in [-0.2, -0.15) is 0 Å². The second-order valence-corrected chi connectivity index (χ2v) is 5.17. The summed E-state index contributed by atoms with van der Waals surface area (Å²) in [5, 5.41) is 14.5. The van der Waals surface area contributed by atoms with Gasteiger partial charge in [0, 0.05) is 29.8 Å². The SMILES string of the molecule is CNc1cc(Sc2ncnc3nc[nH]c23)cc([N+](=O)[O-])c1. The Balaban J connectivity index is 2.03. The molecule has 0 saturated carbocycles. The smallest absolute Gasteiger partial charge is 0.272 e. The number of H-pyrrole nitrogens is 1. The first-order valence-electron chi connectivity index (χ1n) is 5.96. The van der Waals surface area contributed by atoms with Crippen molar-refractivity contribution in [1.29, 1.82) is 0 Å². The van der Waals surface area contributed by atoms with Crippen molar-refractivity contribution >= 4 is 34.3 Å². The lowest BCUT2D eigenvalue weighted by Gasteiger charge is -2.05. The van der Waals surface area contributed by atoms with Crippen LogP contribution in [-0.4, -0.2) is 31.9 Å². The van der Waals surface area contributed by atoms with E-state index in [2.05, 4.69) is 25.3 Å². The Labute approximate surface area is 123 Å². The van der Waals surface area contributed by atoms with Crippen LogP contribution in [0.5, 0.6) is 0 Å². The normalized spacial score (nSPS) is 10.7. The molecule has 9 heteroatoms. The maximum atomic E-state index is 11.0. The number of aromatic nitrogens is 4. The molecular formula is C12H10N6O2S. The number of aromatic amines is 1. The number of rotatable bonds is 4. The fourth-order valence-corrected chi connectivity index (χ4v) is 2.76. The highest BCUT2D eigenvalue weighted by Crippen LogP contribution is 2.33. The number of anilines is 1. The van der Waals surface area contributed by atoms with E-state index in [4.69, 9.17) is 0 Å². The predicted octanol–water partition coefficient (Wildman–Crippen LogP) is 2.45. The quantitative estimate of drug-likeness (QED) is 0.432. The summed E-state index contributed by atoms with van der Waals surface area (Å²) in [6, 6.07) is 4.81. The number of non-ortho nitro benzene ring substituents is 1. The minimum absolute atomic E-state index is 0.0271. The monoisotopic (exact) mass is 302 g/mol. The Morgan fingerprint density at radius 1 is 1.29 bits per heavy atom. The number of benzene rings is 1. The van der Waals surface area contributed by atoms with E-state index in [0.29, 0.717) is 26.8 Å². The van der Waals surface area contributed by atoms with Crippen LogP contribution in [0.4, 0.5) is 11.4 Å². The maximum absolute atomic E-state index is 11.0. The number of hydrogen-bond donors (Lipinski definition) is 2. The average molecular weight is 302 g/mol. The van der Waals surface area contributed by atoms with Crippen LogP contribution in [0.1, 0.15) is 0 Å². The van der Waals surface area contributed by atoms with Gasteiger partial charge in [0.1, 0.15) is 16.9 Å². The van der Waals surface area contributed by atoms with Crippen molar-refractivity contribution in [3.05, 3.63) is 41.0 Å². The van der Waals surface area contributed by atoms with Crippen LogP contribution >= 0.6 is 11.8 Å². The minimum Gasteiger partial charge on any atom is -0.388 e. The Kier molecular flexibility index (Phi) is 3.40. The van der Waals surface area contributed by atoms with Crippen molar-refractivity contribution in [2.24, 2.45) is 0 Å². The zero-order valence-electron chi connectivity index (χ0n) is 10.9. The van der Waals surface area contributed by atoms with Crippen LogP contribution in [0, 0.1) is 10.1 Å². The molecule has 0 amide bonds. The Hall–Kier alpha value is -2.68. The summed E-state index contributed by atoms with van der Waals surface area (Å²) in [7, 11) is 1.71. The second kappa shape index (κ2) is 5.37. The molecule has 0 spiro atoms. The van der Waals surface area contributed by atoms with Gasteiger partial charge in [-0.3, -0.25) is 10.1 Å². The summed E-state index contributed by atoms with van der Waals surface area (Å²) in [5.41, 5.74) is 1.97. The standard InChI is InChI=1S/C12H10N6O2S/c1-13-7-2-8(18(19)20)4-9(3-7)21-12-10-11(15-5-14-10)16-6-17-12/h2-6,13H,1H3,(H,14,15,16,17). The molecule has 21 heavy (non-hydrogen) atoms. The minimum atomic E-state index is -0.420. The molecule has 0 atom stereocenters. The summed E-state index contributed by atoms with van der Waals surface area (Å²) < 4.78 is 0. The largest absolute Gasteiger partial charge is 0.388 e. The van der Waals surface area contributed by atoms with Crippen molar-refractivity contribution in [3.8, 4) is 0 Å². The van der Waals surface area contributed by atoms with Gasteiger partial charge in [0.25, 0.3) is 5.69 Å². The van der Waals surface area contributed by atoms with Gasteiger partial charge in [-0.1, -0.05) is 11.8 Å². The number of nitrogens with zero attached hydrogens (tertiary/aromatic N) is 4. The van der Waals surface area contributed by atoms with E-state index in [-0.39, 0.29) is 5.69 Å². The molecule has 0 aliphatic carbocycles. The topological polar surface area (TPSA) is 110 Å². The third-order valence-electron chi connectivity index (χ3n) is 2.79. The maximum Gasteiger partial charge on any atom is 0.272 e. The number of nitro groups is 1. The summed E-state index contributed by atoms with van der Waals surface area (Å²) in [4.78, 5) is 26.5. The third-order valence-corrected chi connectivity index (χ3v) is 3.77. The van der Waals surface area contributed by atoms with E-state index < -0.39 is 4.92 Å². The van der Waals surface area contributed by atoms with E-state index >= 15 is 0 Å². The van der Waals surface area contributed by atoms with E-state index in [1.165, 1.54) is 36.5 Å². The zero-order chi connectivity index (χ0) is 14.8. The Morgan fingerprint density at radius 2 is 2.14 bits per heavy atom. The molecule has 2 N–H and O–H groups in total. The average Bonchev–Trinajstić information content (AvgIpc) is 2.96. The zero-order valence-corrected chi connectivity index (χ0v) is 11.7. The number of fused-ring (bicyclic) bond motifs is 1. The molecule has 0 unspecified atom stereocenters. The Morgan fingerprint density at radius 3 is 2.90 bits per heavy atom. The van der Waals surface area contributed by atoms with Crippen LogP contribution in [0.25, 0.3) is 11.2 Å². The van der Waals surface area contributed by atoms with E-state index in [1.54, 1.807) is 7.05 Å². The Bertz CT molecular complexity index is 818. The predicted molar refractivity (Wildman–Crippen MR) is 78.4 cm³/mol. The summed E-state index contributed by atoms with van der Waals surface area (Å²) in [5.74, 6) is 0.